The van der Waals surface area contributed by atoms with Crippen molar-refractivity contribution in [2.45, 2.75) is 25.9 Å². The van der Waals surface area contributed by atoms with Crippen molar-refractivity contribution in [3.8, 4) is 11.5 Å². The number of nitrogens with one attached hydrogen (secondary N) is 1. The lowest BCUT2D eigenvalue weighted by Gasteiger charge is -2.15. The fourth-order valence-electron chi connectivity index (χ4n) is 1.68. The second-order valence-corrected chi connectivity index (χ2v) is 4.63. The number of hydrogen-bond donors (Lipinski definition) is 1. The molecule has 0 radical (unpaired) electrons. The third-order valence-electron chi connectivity index (χ3n) is 2.89. The molecule has 1 atom stereocenters. The summed E-state index contributed by atoms with van der Waals surface area (Å²) >= 11 is 0. The van der Waals surface area contributed by atoms with Crippen LogP contribution in [-0.2, 0) is 4.79 Å². The summed E-state index contributed by atoms with van der Waals surface area (Å²) in [6.45, 7) is 2.47. The van der Waals surface area contributed by atoms with Gasteiger partial charge in [-0.05, 0) is 31.9 Å². The number of methoxy groups -OCH3 is 1. The van der Waals surface area contributed by atoms with E-state index in [-0.39, 0.29) is 17.9 Å². The molecule has 0 heterocycles. The summed E-state index contributed by atoms with van der Waals surface area (Å²) in [5.74, 6) is 1.91. The summed E-state index contributed by atoms with van der Waals surface area (Å²) < 4.78 is 10.8. The Hall–Kier alpha value is -1.71. The number of rotatable bonds is 6. The molecule has 0 aromatic heterocycles. The molecule has 4 nitrogen and oxygen atoms in total. The van der Waals surface area contributed by atoms with Crippen LogP contribution in [0, 0.1) is 5.92 Å². The molecule has 1 aromatic rings. The van der Waals surface area contributed by atoms with Gasteiger partial charge in [-0.15, -0.1) is 0 Å². The number of amides is 1. The SMILES string of the molecule is COc1cccc(O[C@H](C)CNC(=O)C2CC2)c1. The molecule has 1 N–H and O–H groups in total. The van der Waals surface area contributed by atoms with Crippen molar-refractivity contribution in [2.75, 3.05) is 13.7 Å². The van der Waals surface area contributed by atoms with E-state index in [1.165, 1.54) is 0 Å². The summed E-state index contributed by atoms with van der Waals surface area (Å²) in [5, 5.41) is 2.90. The summed E-state index contributed by atoms with van der Waals surface area (Å²) in [6, 6.07) is 7.46. The van der Waals surface area contributed by atoms with Gasteiger partial charge in [0.1, 0.15) is 17.6 Å². The fourth-order valence-corrected chi connectivity index (χ4v) is 1.68. The van der Waals surface area contributed by atoms with Crippen molar-refractivity contribution < 1.29 is 14.3 Å². The molecule has 1 aliphatic rings. The third kappa shape index (κ3) is 3.65. The van der Waals surface area contributed by atoms with E-state index in [1.54, 1.807) is 7.11 Å². The minimum atomic E-state index is -0.0557. The van der Waals surface area contributed by atoms with Crippen LogP contribution in [0.5, 0.6) is 11.5 Å². The van der Waals surface area contributed by atoms with E-state index in [9.17, 15) is 4.79 Å². The molecule has 1 saturated carbocycles. The number of carbonyl (C=O) groups is 1. The summed E-state index contributed by atoms with van der Waals surface area (Å²) in [7, 11) is 1.62. The molecule has 2 rings (SSSR count). The van der Waals surface area contributed by atoms with Crippen molar-refractivity contribution in [1.82, 2.24) is 5.32 Å². The zero-order chi connectivity index (χ0) is 13.0. The van der Waals surface area contributed by atoms with Crippen molar-refractivity contribution >= 4 is 5.91 Å². The average molecular weight is 249 g/mol. The monoisotopic (exact) mass is 249 g/mol. The van der Waals surface area contributed by atoms with E-state index in [1.807, 2.05) is 31.2 Å². The van der Waals surface area contributed by atoms with Gasteiger partial charge in [0, 0.05) is 12.0 Å². The summed E-state index contributed by atoms with van der Waals surface area (Å²) in [4.78, 5) is 11.5. The number of hydrogen-bond acceptors (Lipinski definition) is 3. The average Bonchev–Trinajstić information content (AvgIpc) is 3.20. The van der Waals surface area contributed by atoms with E-state index in [0.717, 1.165) is 24.3 Å². The Morgan fingerprint density at radius 1 is 1.44 bits per heavy atom. The van der Waals surface area contributed by atoms with Crippen LogP contribution in [0.25, 0.3) is 0 Å². The van der Waals surface area contributed by atoms with Crippen LogP contribution in [0.3, 0.4) is 0 Å². The molecule has 1 fully saturated rings. The number of benzene rings is 1. The quantitative estimate of drug-likeness (QED) is 0.838. The predicted molar refractivity (Wildman–Crippen MR) is 68.8 cm³/mol. The van der Waals surface area contributed by atoms with Gasteiger partial charge in [0.05, 0.1) is 13.7 Å². The van der Waals surface area contributed by atoms with Crippen LogP contribution in [0.1, 0.15) is 19.8 Å². The lowest BCUT2D eigenvalue weighted by Crippen LogP contribution is -2.34. The Morgan fingerprint density at radius 2 is 2.17 bits per heavy atom. The first-order valence-electron chi connectivity index (χ1n) is 6.27. The highest BCUT2D eigenvalue weighted by molar-refractivity contribution is 5.80. The minimum Gasteiger partial charge on any atom is -0.497 e. The zero-order valence-corrected chi connectivity index (χ0v) is 10.8. The number of ether oxygens (including phenoxy) is 2. The maximum Gasteiger partial charge on any atom is 0.223 e. The maximum atomic E-state index is 11.5. The highest BCUT2D eigenvalue weighted by Crippen LogP contribution is 2.28. The third-order valence-corrected chi connectivity index (χ3v) is 2.89. The van der Waals surface area contributed by atoms with Crippen molar-refractivity contribution in [1.29, 1.82) is 0 Å². The first-order valence-corrected chi connectivity index (χ1v) is 6.27. The van der Waals surface area contributed by atoms with Gasteiger partial charge in [-0.25, -0.2) is 0 Å². The molecule has 0 aliphatic heterocycles. The number of carbonyl (C=O) groups excluding carboxylic acids is 1. The second kappa shape index (κ2) is 5.76. The van der Waals surface area contributed by atoms with Gasteiger partial charge < -0.3 is 14.8 Å². The molecule has 0 saturated heterocycles. The molecular weight excluding hydrogens is 230 g/mol. The lowest BCUT2D eigenvalue weighted by atomic mass is 10.3. The molecule has 1 amide bonds. The maximum absolute atomic E-state index is 11.5. The first kappa shape index (κ1) is 12.7. The largest absolute Gasteiger partial charge is 0.497 e. The summed E-state index contributed by atoms with van der Waals surface area (Å²) in [6.07, 6.45) is 1.99. The molecule has 1 aliphatic carbocycles. The topological polar surface area (TPSA) is 47.6 Å². The van der Waals surface area contributed by atoms with Crippen molar-refractivity contribution in [2.24, 2.45) is 5.92 Å². The predicted octanol–water partition coefficient (Wildman–Crippen LogP) is 1.99. The highest BCUT2D eigenvalue weighted by atomic mass is 16.5. The molecule has 98 valence electrons. The molecule has 4 heteroatoms. The van der Waals surface area contributed by atoms with Crippen LogP contribution in [0.15, 0.2) is 24.3 Å². The van der Waals surface area contributed by atoms with Gasteiger partial charge in [-0.1, -0.05) is 6.07 Å². The van der Waals surface area contributed by atoms with Crippen molar-refractivity contribution in [3.63, 3.8) is 0 Å². The van der Waals surface area contributed by atoms with Gasteiger partial charge in [0.2, 0.25) is 5.91 Å². The Balaban J connectivity index is 1.78. The highest BCUT2D eigenvalue weighted by Gasteiger charge is 2.29. The molecule has 0 unspecified atom stereocenters. The van der Waals surface area contributed by atoms with Gasteiger partial charge in [0.25, 0.3) is 0 Å². The standard InChI is InChI=1S/C14H19NO3/c1-10(9-15-14(16)11-6-7-11)18-13-5-3-4-12(8-13)17-2/h3-5,8,10-11H,6-7,9H2,1-2H3,(H,15,16)/t10-/m1/s1. The Labute approximate surface area is 107 Å². The Bertz CT molecular complexity index is 415. The molecule has 1 aromatic carbocycles. The van der Waals surface area contributed by atoms with Gasteiger partial charge in [0.15, 0.2) is 0 Å². The van der Waals surface area contributed by atoms with E-state index in [4.69, 9.17) is 9.47 Å². The van der Waals surface area contributed by atoms with E-state index >= 15 is 0 Å². The first-order chi connectivity index (χ1) is 8.69. The van der Waals surface area contributed by atoms with Crippen LogP contribution >= 0.6 is 0 Å². The van der Waals surface area contributed by atoms with Crippen molar-refractivity contribution in [3.05, 3.63) is 24.3 Å². The Kier molecular flexibility index (Phi) is 4.07. The van der Waals surface area contributed by atoms with Gasteiger partial charge >= 0.3 is 0 Å². The van der Waals surface area contributed by atoms with Crippen LogP contribution in [0.4, 0.5) is 0 Å². The van der Waals surface area contributed by atoms with E-state index in [0.29, 0.717) is 6.54 Å². The van der Waals surface area contributed by atoms with Gasteiger partial charge in [-0.3, -0.25) is 4.79 Å². The van der Waals surface area contributed by atoms with E-state index < -0.39 is 0 Å². The molecule has 0 spiro atoms. The fraction of sp³-hybridized carbons (Fsp3) is 0.500. The van der Waals surface area contributed by atoms with E-state index in [2.05, 4.69) is 5.32 Å². The normalized spacial score (nSPS) is 15.9. The Morgan fingerprint density at radius 3 is 2.83 bits per heavy atom. The smallest absolute Gasteiger partial charge is 0.223 e. The van der Waals surface area contributed by atoms with Gasteiger partial charge in [-0.2, -0.15) is 0 Å². The minimum absolute atomic E-state index is 0.0557. The van der Waals surface area contributed by atoms with Crippen LogP contribution in [0.2, 0.25) is 0 Å². The molecular formula is C14H19NO3. The molecule has 0 bridgehead atoms. The zero-order valence-electron chi connectivity index (χ0n) is 10.8. The lowest BCUT2D eigenvalue weighted by molar-refractivity contribution is -0.122. The molecule has 18 heavy (non-hydrogen) atoms. The second-order valence-electron chi connectivity index (χ2n) is 4.63. The van der Waals surface area contributed by atoms with Crippen LogP contribution < -0.4 is 14.8 Å². The summed E-state index contributed by atoms with van der Waals surface area (Å²) in [5.41, 5.74) is 0. The van der Waals surface area contributed by atoms with Crippen LogP contribution in [-0.4, -0.2) is 25.7 Å².